The Kier molecular flexibility index (Phi) is 3.60. The molecule has 0 radical (unpaired) electrons. The lowest BCUT2D eigenvalue weighted by Crippen LogP contribution is -2.33. The average molecular weight is 412 g/mol. The SMILES string of the molecule is Brc1ccc2c(c1)[C@@H]1CC(c3cccs3)=NN1[C@H](c1ccncc1)O2. The zero-order valence-corrected chi connectivity index (χ0v) is 15.6. The molecule has 2 aromatic heterocycles. The maximum atomic E-state index is 6.33. The molecule has 0 bridgehead atoms. The summed E-state index contributed by atoms with van der Waals surface area (Å²) in [5.41, 5.74) is 3.36. The van der Waals surface area contributed by atoms with Gasteiger partial charge in [0, 0.05) is 34.4 Å². The van der Waals surface area contributed by atoms with Crippen LogP contribution in [0.15, 0.2) is 69.8 Å². The highest BCUT2D eigenvalue weighted by molar-refractivity contribution is 9.10. The Morgan fingerprint density at radius 3 is 2.84 bits per heavy atom. The number of pyridine rings is 1. The van der Waals surface area contributed by atoms with Gasteiger partial charge in [0.05, 0.1) is 16.6 Å². The Bertz CT molecular complexity index is 943. The number of halogens is 1. The van der Waals surface area contributed by atoms with Gasteiger partial charge in [0.25, 0.3) is 0 Å². The summed E-state index contributed by atoms with van der Waals surface area (Å²) >= 11 is 5.31. The summed E-state index contributed by atoms with van der Waals surface area (Å²) in [7, 11) is 0. The highest BCUT2D eigenvalue weighted by Gasteiger charge is 2.41. The lowest BCUT2D eigenvalue weighted by Gasteiger charge is -2.38. The monoisotopic (exact) mass is 411 g/mol. The van der Waals surface area contributed by atoms with Crippen molar-refractivity contribution in [3.63, 3.8) is 0 Å². The number of thiophene rings is 1. The van der Waals surface area contributed by atoms with Crippen LogP contribution in [-0.4, -0.2) is 15.7 Å². The molecule has 1 aromatic carbocycles. The van der Waals surface area contributed by atoms with Crippen LogP contribution in [0.5, 0.6) is 5.75 Å². The minimum absolute atomic E-state index is 0.177. The summed E-state index contributed by atoms with van der Waals surface area (Å²) in [6.45, 7) is 0. The topological polar surface area (TPSA) is 37.7 Å². The zero-order valence-electron chi connectivity index (χ0n) is 13.2. The quantitative estimate of drug-likeness (QED) is 0.585. The molecule has 2 aliphatic heterocycles. The second-order valence-electron chi connectivity index (χ2n) is 6.06. The van der Waals surface area contributed by atoms with Crippen LogP contribution in [-0.2, 0) is 0 Å². The fourth-order valence-corrected chi connectivity index (χ4v) is 4.50. The van der Waals surface area contributed by atoms with Crippen LogP contribution in [0, 0.1) is 0 Å². The van der Waals surface area contributed by atoms with E-state index in [-0.39, 0.29) is 12.3 Å². The first-order valence-corrected chi connectivity index (χ1v) is 9.72. The Morgan fingerprint density at radius 2 is 2.04 bits per heavy atom. The molecule has 25 heavy (non-hydrogen) atoms. The molecule has 0 saturated heterocycles. The van der Waals surface area contributed by atoms with Crippen molar-refractivity contribution in [2.24, 2.45) is 5.10 Å². The molecule has 0 unspecified atom stereocenters. The summed E-state index contributed by atoms with van der Waals surface area (Å²) in [5.74, 6) is 0.925. The first-order chi connectivity index (χ1) is 12.3. The molecule has 4 nitrogen and oxygen atoms in total. The molecule has 2 aliphatic rings. The van der Waals surface area contributed by atoms with E-state index in [4.69, 9.17) is 9.84 Å². The number of hydrazone groups is 1. The van der Waals surface area contributed by atoms with Crippen molar-refractivity contribution in [1.29, 1.82) is 0 Å². The van der Waals surface area contributed by atoms with Gasteiger partial charge >= 0.3 is 0 Å². The van der Waals surface area contributed by atoms with Gasteiger partial charge in [0.2, 0.25) is 6.23 Å². The van der Waals surface area contributed by atoms with Gasteiger partial charge in [-0.3, -0.25) is 4.98 Å². The van der Waals surface area contributed by atoms with Crippen molar-refractivity contribution in [3.05, 3.63) is 80.7 Å². The Hall–Kier alpha value is -2.18. The fourth-order valence-electron chi connectivity index (χ4n) is 3.40. The van der Waals surface area contributed by atoms with Crippen LogP contribution in [0.4, 0.5) is 0 Å². The number of benzene rings is 1. The molecule has 0 N–H and O–H groups in total. The third-order valence-electron chi connectivity index (χ3n) is 4.55. The van der Waals surface area contributed by atoms with Crippen molar-refractivity contribution >= 4 is 33.0 Å². The first kappa shape index (κ1) is 15.1. The number of hydrogen-bond acceptors (Lipinski definition) is 5. The smallest absolute Gasteiger partial charge is 0.213 e. The molecule has 6 heteroatoms. The predicted molar refractivity (Wildman–Crippen MR) is 102 cm³/mol. The van der Waals surface area contributed by atoms with Crippen LogP contribution >= 0.6 is 27.3 Å². The highest BCUT2D eigenvalue weighted by atomic mass is 79.9. The molecule has 0 fully saturated rings. The van der Waals surface area contributed by atoms with Crippen LogP contribution in [0.1, 0.15) is 34.7 Å². The number of aromatic nitrogens is 1. The lowest BCUT2D eigenvalue weighted by atomic mass is 9.98. The summed E-state index contributed by atoms with van der Waals surface area (Å²) in [5, 5.41) is 9.13. The summed E-state index contributed by atoms with van der Waals surface area (Å²) in [6, 6.07) is 14.6. The maximum absolute atomic E-state index is 6.33. The Balaban J connectivity index is 1.62. The van der Waals surface area contributed by atoms with Crippen LogP contribution < -0.4 is 4.74 Å². The largest absolute Gasteiger partial charge is 0.464 e. The minimum Gasteiger partial charge on any atom is -0.464 e. The third kappa shape index (κ3) is 2.56. The summed E-state index contributed by atoms with van der Waals surface area (Å²) in [6.07, 6.45) is 4.24. The zero-order chi connectivity index (χ0) is 16.8. The van der Waals surface area contributed by atoms with Gasteiger partial charge in [0.15, 0.2) is 0 Å². The number of ether oxygens (including phenoxy) is 1. The van der Waals surface area contributed by atoms with E-state index in [9.17, 15) is 0 Å². The normalized spacial score (nSPS) is 21.3. The summed E-state index contributed by atoms with van der Waals surface area (Å²) < 4.78 is 7.38. The van der Waals surface area contributed by atoms with Crippen LogP contribution in [0.2, 0.25) is 0 Å². The van der Waals surface area contributed by atoms with Crippen molar-refractivity contribution in [1.82, 2.24) is 9.99 Å². The van der Waals surface area contributed by atoms with Gasteiger partial charge in [-0.05, 0) is 41.8 Å². The Morgan fingerprint density at radius 1 is 1.16 bits per heavy atom. The van der Waals surface area contributed by atoms with Gasteiger partial charge in [-0.15, -0.1) is 11.3 Å². The van der Waals surface area contributed by atoms with E-state index in [1.54, 1.807) is 23.7 Å². The standard InChI is InChI=1S/C19H14BrN3OS/c20-13-3-4-17-14(10-13)16-11-15(18-2-1-9-25-18)22-23(16)19(24-17)12-5-7-21-8-6-12/h1-10,16,19H,11H2/t16-,19-/m0/s1. The molecule has 4 heterocycles. The lowest BCUT2D eigenvalue weighted by molar-refractivity contribution is -0.0191. The highest BCUT2D eigenvalue weighted by Crippen LogP contribution is 2.48. The average Bonchev–Trinajstić information content (AvgIpc) is 3.31. The van der Waals surface area contributed by atoms with Crippen molar-refractivity contribution in [2.45, 2.75) is 18.7 Å². The van der Waals surface area contributed by atoms with Crippen molar-refractivity contribution in [3.8, 4) is 5.75 Å². The van der Waals surface area contributed by atoms with E-state index in [1.807, 2.05) is 24.3 Å². The molecule has 0 amide bonds. The first-order valence-electron chi connectivity index (χ1n) is 8.05. The van der Waals surface area contributed by atoms with E-state index in [0.29, 0.717) is 0 Å². The van der Waals surface area contributed by atoms with E-state index in [2.05, 4.69) is 49.5 Å². The van der Waals surface area contributed by atoms with E-state index >= 15 is 0 Å². The number of hydrogen-bond donors (Lipinski definition) is 0. The second-order valence-corrected chi connectivity index (χ2v) is 7.92. The second kappa shape index (κ2) is 5.97. The molecular formula is C19H14BrN3OS. The van der Waals surface area contributed by atoms with Crippen molar-refractivity contribution < 1.29 is 4.74 Å². The molecule has 0 saturated carbocycles. The van der Waals surface area contributed by atoms with Crippen molar-refractivity contribution in [2.75, 3.05) is 0 Å². The molecular weight excluding hydrogens is 398 g/mol. The fraction of sp³-hybridized carbons (Fsp3) is 0.158. The van der Waals surface area contributed by atoms with E-state index in [0.717, 1.165) is 27.9 Å². The van der Waals surface area contributed by atoms with Crippen LogP contribution in [0.3, 0.4) is 0 Å². The Labute approximate surface area is 157 Å². The molecule has 0 aliphatic carbocycles. The third-order valence-corrected chi connectivity index (χ3v) is 5.96. The predicted octanol–water partition coefficient (Wildman–Crippen LogP) is 5.15. The maximum Gasteiger partial charge on any atom is 0.213 e. The number of nitrogens with zero attached hydrogens (tertiary/aromatic N) is 3. The van der Waals surface area contributed by atoms with Crippen LogP contribution in [0.25, 0.3) is 0 Å². The van der Waals surface area contributed by atoms with E-state index < -0.39 is 0 Å². The summed E-state index contributed by atoms with van der Waals surface area (Å²) in [4.78, 5) is 5.34. The minimum atomic E-state index is -0.237. The molecule has 124 valence electrons. The van der Waals surface area contributed by atoms with Gasteiger partial charge < -0.3 is 4.74 Å². The van der Waals surface area contributed by atoms with Gasteiger partial charge in [-0.25, -0.2) is 5.01 Å². The molecule has 0 spiro atoms. The molecule has 5 rings (SSSR count). The van der Waals surface area contributed by atoms with Gasteiger partial charge in [0.1, 0.15) is 5.75 Å². The van der Waals surface area contributed by atoms with Gasteiger partial charge in [-0.1, -0.05) is 22.0 Å². The van der Waals surface area contributed by atoms with Gasteiger partial charge in [-0.2, -0.15) is 5.10 Å². The number of rotatable bonds is 2. The van der Waals surface area contributed by atoms with E-state index in [1.165, 1.54) is 10.4 Å². The number of fused-ring (bicyclic) bond motifs is 3. The molecule has 2 atom stereocenters. The molecule has 3 aromatic rings.